The van der Waals surface area contributed by atoms with Crippen LogP contribution in [-0.2, 0) is 4.79 Å². The Morgan fingerprint density at radius 3 is 2.00 bits per heavy atom. The first kappa shape index (κ1) is 23.5. The summed E-state index contributed by atoms with van der Waals surface area (Å²) in [7, 11) is 3.56. The van der Waals surface area contributed by atoms with E-state index in [1.165, 1.54) is 13.8 Å². The molecular formula is C20H30N2O4. The number of nitrogens with one attached hydrogen (secondary N) is 1. The maximum Gasteiger partial charge on any atom is 0.238 e. The van der Waals surface area contributed by atoms with Gasteiger partial charge >= 0.3 is 0 Å². The minimum absolute atomic E-state index is 0.173. The van der Waals surface area contributed by atoms with Crippen LogP contribution in [0, 0.1) is 0 Å². The summed E-state index contributed by atoms with van der Waals surface area (Å²) in [6.45, 7) is 11.0. The number of hydrogen-bond donors (Lipinski definition) is 1. The van der Waals surface area contributed by atoms with Crippen molar-refractivity contribution in [2.24, 2.45) is 0 Å². The van der Waals surface area contributed by atoms with E-state index in [1.54, 1.807) is 37.2 Å². The number of nitrogens with zero attached hydrogens (tertiary/aromatic N) is 1. The molecule has 0 aliphatic carbocycles. The highest BCUT2D eigenvalue weighted by molar-refractivity contribution is 6.08. The molecule has 144 valence electrons. The molecule has 2 rings (SSSR count). The summed E-state index contributed by atoms with van der Waals surface area (Å²) in [6, 6.07) is 4.79. The Morgan fingerprint density at radius 1 is 0.962 bits per heavy atom. The van der Waals surface area contributed by atoms with Crippen LogP contribution in [0.1, 0.15) is 62.5 Å². The molecule has 0 radical (unpaired) electrons. The van der Waals surface area contributed by atoms with E-state index in [-0.39, 0.29) is 29.8 Å². The average Bonchev–Trinajstić information content (AvgIpc) is 3.00. The van der Waals surface area contributed by atoms with Crippen LogP contribution in [0.4, 0.5) is 5.69 Å². The number of rotatable bonds is 5. The van der Waals surface area contributed by atoms with Crippen molar-refractivity contribution in [3.8, 4) is 0 Å². The van der Waals surface area contributed by atoms with Crippen molar-refractivity contribution in [2.75, 3.05) is 26.0 Å². The Hall–Kier alpha value is -2.47. The van der Waals surface area contributed by atoms with Crippen LogP contribution >= 0.6 is 0 Å². The summed E-state index contributed by atoms with van der Waals surface area (Å²) < 4.78 is 5.44. The number of benzene rings is 1. The molecule has 6 nitrogen and oxygen atoms in total. The van der Waals surface area contributed by atoms with Gasteiger partial charge in [0, 0.05) is 23.9 Å². The highest BCUT2D eigenvalue weighted by Crippen LogP contribution is 2.27. The molecule has 2 aromatic rings. The van der Waals surface area contributed by atoms with Crippen molar-refractivity contribution in [3.05, 3.63) is 29.5 Å². The van der Waals surface area contributed by atoms with Gasteiger partial charge in [-0.2, -0.15) is 0 Å². The number of carbonyl (C=O) groups excluding carboxylic acids is 3. The third kappa shape index (κ3) is 6.44. The Labute approximate surface area is 155 Å². The van der Waals surface area contributed by atoms with Crippen LogP contribution in [-0.4, -0.2) is 43.0 Å². The van der Waals surface area contributed by atoms with E-state index in [0.29, 0.717) is 22.2 Å². The number of anilines is 1. The number of ketones is 2. The molecule has 1 aromatic carbocycles. The lowest BCUT2D eigenvalue weighted by molar-refractivity contribution is -0.116. The highest BCUT2D eigenvalue weighted by atomic mass is 16.3. The van der Waals surface area contributed by atoms with Gasteiger partial charge in [-0.05, 0) is 33.2 Å². The summed E-state index contributed by atoms with van der Waals surface area (Å²) >= 11 is 0. The molecule has 0 unspecified atom stereocenters. The Morgan fingerprint density at radius 2 is 1.54 bits per heavy atom. The maximum atomic E-state index is 11.9. The van der Waals surface area contributed by atoms with Crippen molar-refractivity contribution in [3.63, 3.8) is 0 Å². The largest absolute Gasteiger partial charge is 0.453 e. The van der Waals surface area contributed by atoms with Crippen molar-refractivity contribution in [2.45, 2.75) is 41.5 Å². The molecule has 1 N–H and O–H groups in total. The van der Waals surface area contributed by atoms with Gasteiger partial charge in [-0.1, -0.05) is 27.7 Å². The van der Waals surface area contributed by atoms with Gasteiger partial charge in [0.25, 0.3) is 0 Å². The first-order valence-corrected chi connectivity index (χ1v) is 8.82. The molecule has 0 bridgehead atoms. The summed E-state index contributed by atoms with van der Waals surface area (Å²) in [5, 5.41) is 3.36. The molecule has 0 atom stereocenters. The summed E-state index contributed by atoms with van der Waals surface area (Å²) in [6.07, 6.45) is 0. The van der Waals surface area contributed by atoms with Crippen LogP contribution in [0.2, 0.25) is 0 Å². The monoisotopic (exact) mass is 362 g/mol. The first-order chi connectivity index (χ1) is 12.3. The number of fused-ring (bicyclic) bond motifs is 1. The average molecular weight is 362 g/mol. The van der Waals surface area contributed by atoms with E-state index in [9.17, 15) is 14.4 Å². The van der Waals surface area contributed by atoms with E-state index in [1.807, 2.05) is 27.7 Å². The number of amides is 1. The number of likely N-dealkylation sites (N-methyl/N-ethyl adjacent to an activating group) is 1. The summed E-state index contributed by atoms with van der Waals surface area (Å²) in [4.78, 5) is 36.8. The lowest BCUT2D eigenvalue weighted by Crippen LogP contribution is -2.27. The van der Waals surface area contributed by atoms with Gasteiger partial charge in [-0.15, -0.1) is 0 Å². The quantitative estimate of drug-likeness (QED) is 0.798. The van der Waals surface area contributed by atoms with Crippen molar-refractivity contribution >= 4 is 34.1 Å². The van der Waals surface area contributed by atoms with Gasteiger partial charge < -0.3 is 14.6 Å². The number of furan rings is 1. The van der Waals surface area contributed by atoms with Gasteiger partial charge in [0.1, 0.15) is 5.58 Å². The van der Waals surface area contributed by atoms with Crippen LogP contribution in [0.5, 0.6) is 0 Å². The third-order valence-electron chi connectivity index (χ3n) is 3.12. The molecule has 1 heterocycles. The van der Waals surface area contributed by atoms with Gasteiger partial charge in [0.2, 0.25) is 5.91 Å². The minimum atomic E-state index is -0.231. The molecule has 0 saturated carbocycles. The fraction of sp³-hybridized carbons (Fsp3) is 0.450. The Balaban J connectivity index is 0.00000146. The van der Waals surface area contributed by atoms with Gasteiger partial charge in [0.15, 0.2) is 17.3 Å². The predicted molar refractivity (Wildman–Crippen MR) is 106 cm³/mol. The first-order valence-electron chi connectivity index (χ1n) is 8.82. The number of carbonyl (C=O) groups is 3. The van der Waals surface area contributed by atoms with Crippen molar-refractivity contribution in [1.29, 1.82) is 0 Å². The van der Waals surface area contributed by atoms with Gasteiger partial charge in [0.05, 0.1) is 12.2 Å². The third-order valence-corrected chi connectivity index (χ3v) is 3.12. The Kier molecular flexibility index (Phi) is 10.1. The molecule has 6 heteroatoms. The minimum Gasteiger partial charge on any atom is -0.453 e. The molecule has 0 spiro atoms. The van der Waals surface area contributed by atoms with Crippen LogP contribution in [0.15, 0.2) is 22.6 Å². The SMILES string of the molecule is CC.CC.CC(=O)c1cc2cc(C(C)=O)c(NC(=O)CN(C)C)cc2o1. The normalized spacial score (nSPS) is 9.73. The summed E-state index contributed by atoms with van der Waals surface area (Å²) in [5.74, 6) is -0.377. The standard InChI is InChI=1S/C16H18N2O4.2C2H6/c1-9(19)12-5-11-6-14(10(2)20)22-15(11)7-13(12)17-16(21)8-18(3)4;2*1-2/h5-7H,8H2,1-4H3,(H,17,21);2*1-2H3. The fourth-order valence-electron chi connectivity index (χ4n) is 2.13. The topological polar surface area (TPSA) is 79.6 Å². The molecule has 26 heavy (non-hydrogen) atoms. The van der Waals surface area contributed by atoms with Crippen LogP contribution in [0.25, 0.3) is 11.0 Å². The zero-order chi connectivity index (χ0) is 20.4. The van der Waals surface area contributed by atoms with E-state index in [0.717, 1.165) is 0 Å². The second kappa shape index (κ2) is 11.2. The van der Waals surface area contributed by atoms with E-state index < -0.39 is 0 Å². The van der Waals surface area contributed by atoms with Crippen molar-refractivity contribution in [1.82, 2.24) is 4.90 Å². The molecule has 1 amide bonds. The molecule has 1 aromatic heterocycles. The molecule has 0 aliphatic heterocycles. The summed E-state index contributed by atoms with van der Waals surface area (Å²) in [5.41, 5.74) is 1.22. The zero-order valence-corrected chi connectivity index (χ0v) is 17.0. The lowest BCUT2D eigenvalue weighted by Gasteiger charge is -2.12. The highest BCUT2D eigenvalue weighted by Gasteiger charge is 2.16. The van der Waals surface area contributed by atoms with Crippen LogP contribution in [0.3, 0.4) is 0 Å². The van der Waals surface area contributed by atoms with E-state index in [4.69, 9.17) is 4.42 Å². The van der Waals surface area contributed by atoms with Gasteiger partial charge in [-0.25, -0.2) is 0 Å². The fourth-order valence-corrected chi connectivity index (χ4v) is 2.13. The van der Waals surface area contributed by atoms with Crippen LogP contribution < -0.4 is 5.32 Å². The lowest BCUT2D eigenvalue weighted by atomic mass is 10.1. The molecular weight excluding hydrogens is 332 g/mol. The molecule has 0 fully saturated rings. The van der Waals surface area contributed by atoms with E-state index >= 15 is 0 Å². The van der Waals surface area contributed by atoms with Crippen molar-refractivity contribution < 1.29 is 18.8 Å². The second-order valence-corrected chi connectivity index (χ2v) is 5.44. The second-order valence-electron chi connectivity index (χ2n) is 5.44. The van der Waals surface area contributed by atoms with Gasteiger partial charge in [-0.3, -0.25) is 14.4 Å². The maximum absolute atomic E-state index is 11.9. The molecule has 0 aliphatic rings. The number of hydrogen-bond acceptors (Lipinski definition) is 5. The smallest absolute Gasteiger partial charge is 0.238 e. The molecule has 0 saturated heterocycles. The number of Topliss-reactive ketones (excluding diaryl/α,β-unsaturated/α-hetero) is 2. The predicted octanol–water partition coefficient (Wildman–Crippen LogP) is 4.39. The Bertz CT molecular complexity index is 761. The van der Waals surface area contributed by atoms with E-state index in [2.05, 4.69) is 5.32 Å². The zero-order valence-electron chi connectivity index (χ0n) is 17.0.